The van der Waals surface area contributed by atoms with Gasteiger partial charge in [0.15, 0.2) is 0 Å². The van der Waals surface area contributed by atoms with Crippen LogP contribution in [0, 0.1) is 0 Å². The first-order valence-corrected chi connectivity index (χ1v) is 8.28. The molecule has 1 saturated carbocycles. The summed E-state index contributed by atoms with van der Waals surface area (Å²) in [6.07, 6.45) is 6.72. The molecule has 2 fully saturated rings. The minimum atomic E-state index is 0.668. The topological polar surface area (TPSA) is 15.3 Å². The summed E-state index contributed by atoms with van der Waals surface area (Å²) in [5, 5.41) is 6.00. The van der Waals surface area contributed by atoms with Crippen LogP contribution in [-0.4, -0.2) is 30.1 Å². The van der Waals surface area contributed by atoms with E-state index in [1.807, 2.05) is 11.3 Å². The first-order valence-electron chi connectivity index (χ1n) is 7.40. The smallest absolute Gasteiger partial charge is 0.0442 e. The Morgan fingerprint density at radius 1 is 1.39 bits per heavy atom. The number of hydrogen-bond donors (Lipinski definition) is 1. The number of nitrogens with zero attached hydrogens (tertiary/aromatic N) is 1. The van der Waals surface area contributed by atoms with Gasteiger partial charge in [0.2, 0.25) is 0 Å². The monoisotopic (exact) mass is 264 g/mol. The summed E-state index contributed by atoms with van der Waals surface area (Å²) < 4.78 is 0. The Labute approximate surface area is 114 Å². The Balaban J connectivity index is 1.60. The van der Waals surface area contributed by atoms with Crippen LogP contribution in [0.4, 0.5) is 0 Å². The third-order valence-corrected chi connectivity index (χ3v) is 5.12. The highest BCUT2D eigenvalue weighted by Crippen LogP contribution is 2.32. The van der Waals surface area contributed by atoms with Crippen molar-refractivity contribution in [3.63, 3.8) is 0 Å². The van der Waals surface area contributed by atoms with Crippen LogP contribution < -0.4 is 5.32 Å². The van der Waals surface area contributed by atoms with Crippen LogP contribution in [0.3, 0.4) is 0 Å². The first kappa shape index (κ1) is 12.6. The van der Waals surface area contributed by atoms with Gasteiger partial charge in [0.1, 0.15) is 0 Å². The molecule has 2 nitrogen and oxygen atoms in total. The van der Waals surface area contributed by atoms with Crippen molar-refractivity contribution in [2.24, 2.45) is 0 Å². The lowest BCUT2D eigenvalue weighted by Gasteiger charge is -2.27. The van der Waals surface area contributed by atoms with Gasteiger partial charge < -0.3 is 5.32 Å². The second-order valence-electron chi connectivity index (χ2n) is 5.74. The van der Waals surface area contributed by atoms with E-state index in [0.29, 0.717) is 6.04 Å². The minimum Gasteiger partial charge on any atom is -0.310 e. The molecule has 2 heterocycles. The molecular formula is C15H24N2S. The van der Waals surface area contributed by atoms with Crippen molar-refractivity contribution < 1.29 is 0 Å². The van der Waals surface area contributed by atoms with E-state index in [1.54, 1.807) is 4.88 Å². The highest BCUT2D eigenvalue weighted by Gasteiger charge is 2.32. The van der Waals surface area contributed by atoms with Gasteiger partial charge in [0, 0.05) is 36.1 Å². The molecule has 1 aliphatic heterocycles. The summed E-state index contributed by atoms with van der Waals surface area (Å²) in [5.74, 6) is 0. The van der Waals surface area contributed by atoms with Crippen molar-refractivity contribution in [1.82, 2.24) is 10.2 Å². The zero-order chi connectivity index (χ0) is 12.4. The predicted octanol–water partition coefficient (Wildman–Crippen LogP) is 3.42. The Morgan fingerprint density at radius 2 is 2.28 bits per heavy atom. The van der Waals surface area contributed by atoms with Crippen LogP contribution >= 0.6 is 11.3 Å². The number of thiophene rings is 1. The maximum absolute atomic E-state index is 3.79. The lowest BCUT2D eigenvalue weighted by atomic mass is 10.1. The van der Waals surface area contributed by atoms with Gasteiger partial charge in [-0.1, -0.05) is 19.4 Å². The van der Waals surface area contributed by atoms with E-state index in [0.717, 1.165) is 12.1 Å². The van der Waals surface area contributed by atoms with Gasteiger partial charge in [-0.2, -0.15) is 0 Å². The predicted molar refractivity (Wildman–Crippen MR) is 78.1 cm³/mol. The van der Waals surface area contributed by atoms with E-state index in [-0.39, 0.29) is 0 Å². The average Bonchev–Trinajstić information content (AvgIpc) is 2.87. The SMILES string of the molecule is CCCC(c1cccs1)N1CCC(NC2CC2)C1. The molecule has 0 amide bonds. The van der Waals surface area contributed by atoms with E-state index in [4.69, 9.17) is 0 Å². The zero-order valence-electron chi connectivity index (χ0n) is 11.3. The second kappa shape index (κ2) is 5.72. The third-order valence-electron chi connectivity index (χ3n) is 4.14. The highest BCUT2D eigenvalue weighted by atomic mass is 32.1. The third kappa shape index (κ3) is 2.95. The molecule has 2 aliphatic rings. The quantitative estimate of drug-likeness (QED) is 0.847. The maximum atomic E-state index is 3.79. The van der Waals surface area contributed by atoms with E-state index in [2.05, 4.69) is 34.7 Å². The van der Waals surface area contributed by atoms with E-state index in [9.17, 15) is 0 Å². The van der Waals surface area contributed by atoms with Crippen LogP contribution in [0.15, 0.2) is 17.5 Å². The fourth-order valence-corrected chi connectivity index (χ4v) is 3.94. The average molecular weight is 264 g/mol. The molecule has 100 valence electrons. The summed E-state index contributed by atoms with van der Waals surface area (Å²) in [4.78, 5) is 4.26. The first-order chi connectivity index (χ1) is 8.86. The standard InChI is InChI=1S/C15H24N2S/c1-2-4-14(15-5-3-10-18-15)17-9-8-13(11-17)16-12-6-7-12/h3,5,10,12-14,16H,2,4,6-9,11H2,1H3. The van der Waals surface area contributed by atoms with Crippen molar-refractivity contribution in [3.8, 4) is 0 Å². The molecule has 2 atom stereocenters. The number of nitrogens with one attached hydrogen (secondary N) is 1. The summed E-state index contributed by atoms with van der Waals surface area (Å²) in [7, 11) is 0. The molecule has 3 rings (SSSR count). The Morgan fingerprint density at radius 3 is 2.94 bits per heavy atom. The normalized spacial score (nSPS) is 26.6. The van der Waals surface area contributed by atoms with Crippen molar-refractivity contribution in [2.75, 3.05) is 13.1 Å². The van der Waals surface area contributed by atoms with Crippen LogP contribution in [-0.2, 0) is 0 Å². The van der Waals surface area contributed by atoms with Crippen molar-refractivity contribution in [3.05, 3.63) is 22.4 Å². The van der Waals surface area contributed by atoms with Crippen LogP contribution in [0.1, 0.15) is 49.9 Å². The van der Waals surface area contributed by atoms with Gasteiger partial charge >= 0.3 is 0 Å². The molecule has 0 aromatic carbocycles. The molecular weight excluding hydrogens is 240 g/mol. The van der Waals surface area contributed by atoms with E-state index < -0.39 is 0 Å². The fourth-order valence-electron chi connectivity index (χ4n) is 3.05. The molecule has 1 aliphatic carbocycles. The second-order valence-corrected chi connectivity index (χ2v) is 6.72. The zero-order valence-corrected chi connectivity index (χ0v) is 12.1. The maximum Gasteiger partial charge on any atom is 0.0442 e. The Bertz CT molecular complexity index is 359. The summed E-state index contributed by atoms with van der Waals surface area (Å²) >= 11 is 1.92. The molecule has 0 bridgehead atoms. The molecule has 1 saturated heterocycles. The Hall–Kier alpha value is -0.380. The summed E-state index contributed by atoms with van der Waals surface area (Å²) in [5.41, 5.74) is 0. The lowest BCUT2D eigenvalue weighted by Crippen LogP contribution is -2.35. The van der Waals surface area contributed by atoms with Gasteiger partial charge in [-0.15, -0.1) is 11.3 Å². The minimum absolute atomic E-state index is 0.668. The molecule has 1 aromatic heterocycles. The van der Waals surface area contributed by atoms with Gasteiger partial charge in [-0.05, 0) is 37.1 Å². The van der Waals surface area contributed by atoms with Gasteiger partial charge in [-0.25, -0.2) is 0 Å². The number of hydrogen-bond acceptors (Lipinski definition) is 3. The molecule has 1 aromatic rings. The lowest BCUT2D eigenvalue weighted by molar-refractivity contribution is 0.229. The summed E-state index contributed by atoms with van der Waals surface area (Å²) in [6.45, 7) is 4.82. The van der Waals surface area contributed by atoms with Gasteiger partial charge in [-0.3, -0.25) is 4.90 Å². The molecule has 3 heteroatoms. The van der Waals surface area contributed by atoms with Crippen LogP contribution in [0.5, 0.6) is 0 Å². The van der Waals surface area contributed by atoms with Crippen molar-refractivity contribution >= 4 is 11.3 Å². The molecule has 1 N–H and O–H groups in total. The molecule has 18 heavy (non-hydrogen) atoms. The van der Waals surface area contributed by atoms with Gasteiger partial charge in [0.05, 0.1) is 0 Å². The molecule has 0 spiro atoms. The Kier molecular flexibility index (Phi) is 4.02. The van der Waals surface area contributed by atoms with Crippen molar-refractivity contribution in [2.45, 2.75) is 57.2 Å². The highest BCUT2D eigenvalue weighted by molar-refractivity contribution is 7.10. The van der Waals surface area contributed by atoms with Crippen molar-refractivity contribution in [1.29, 1.82) is 0 Å². The fraction of sp³-hybridized carbons (Fsp3) is 0.733. The number of likely N-dealkylation sites (tertiary alicyclic amines) is 1. The van der Waals surface area contributed by atoms with E-state index in [1.165, 1.54) is 45.2 Å². The van der Waals surface area contributed by atoms with Crippen LogP contribution in [0.2, 0.25) is 0 Å². The summed E-state index contributed by atoms with van der Waals surface area (Å²) in [6, 6.07) is 6.77. The molecule has 0 radical (unpaired) electrons. The largest absolute Gasteiger partial charge is 0.310 e. The van der Waals surface area contributed by atoms with E-state index >= 15 is 0 Å². The molecule has 2 unspecified atom stereocenters. The van der Waals surface area contributed by atoms with Crippen LogP contribution in [0.25, 0.3) is 0 Å². The van der Waals surface area contributed by atoms with Gasteiger partial charge in [0.25, 0.3) is 0 Å². The number of rotatable bonds is 6.